The lowest BCUT2D eigenvalue weighted by Gasteiger charge is -2.34. The number of benzene rings is 1. The van der Waals surface area contributed by atoms with Crippen molar-refractivity contribution in [1.29, 1.82) is 0 Å². The molecular formula is C17H28ClN3O2S. The normalized spacial score (nSPS) is 21.3. The number of nitrogens with zero attached hydrogens (tertiary/aromatic N) is 2. The third-order valence-corrected chi connectivity index (χ3v) is 6.48. The number of hydrogen-bond donors (Lipinski definition) is 1. The van der Waals surface area contributed by atoms with Gasteiger partial charge in [0.1, 0.15) is 0 Å². The molecule has 2 heterocycles. The summed E-state index contributed by atoms with van der Waals surface area (Å²) in [5, 5.41) is 0. The van der Waals surface area contributed by atoms with Gasteiger partial charge in [-0.2, -0.15) is 17.4 Å². The molecule has 2 aliphatic rings. The summed E-state index contributed by atoms with van der Waals surface area (Å²) in [6, 6.07) is 10.5. The molecule has 3 rings (SSSR count). The standard InChI is InChI=1S/C17H27N3O2S.ClH/c21-23(22,20-11-5-2-6-12-20)18-17-9-13-19(14-10-17)15-16-7-3-1-4-8-16;/h1,3-4,7-8,17-18H,2,5-6,9-15H2;1H. The molecule has 7 heteroatoms. The van der Waals surface area contributed by atoms with E-state index in [1.54, 1.807) is 4.31 Å². The molecule has 0 unspecified atom stereocenters. The van der Waals surface area contributed by atoms with Crippen LogP contribution >= 0.6 is 12.4 Å². The number of piperidine rings is 2. The summed E-state index contributed by atoms with van der Waals surface area (Å²) >= 11 is 0. The quantitative estimate of drug-likeness (QED) is 0.862. The summed E-state index contributed by atoms with van der Waals surface area (Å²) in [5.41, 5.74) is 1.32. The average Bonchev–Trinajstić information content (AvgIpc) is 2.58. The van der Waals surface area contributed by atoms with Gasteiger partial charge in [0, 0.05) is 38.8 Å². The monoisotopic (exact) mass is 373 g/mol. The maximum Gasteiger partial charge on any atom is 0.279 e. The Morgan fingerprint density at radius 3 is 2.21 bits per heavy atom. The van der Waals surface area contributed by atoms with Gasteiger partial charge in [-0.1, -0.05) is 36.8 Å². The Kier molecular flexibility index (Phi) is 7.50. The van der Waals surface area contributed by atoms with Gasteiger partial charge < -0.3 is 0 Å². The molecule has 1 N–H and O–H groups in total. The highest BCUT2D eigenvalue weighted by Crippen LogP contribution is 2.17. The molecule has 0 amide bonds. The zero-order valence-corrected chi connectivity index (χ0v) is 15.7. The highest BCUT2D eigenvalue weighted by Gasteiger charge is 2.28. The van der Waals surface area contributed by atoms with Crippen molar-refractivity contribution in [3.63, 3.8) is 0 Å². The molecule has 0 bridgehead atoms. The summed E-state index contributed by atoms with van der Waals surface area (Å²) in [4.78, 5) is 2.40. The van der Waals surface area contributed by atoms with Crippen LogP contribution in [0, 0.1) is 0 Å². The fourth-order valence-corrected chi connectivity index (χ4v) is 4.99. The van der Waals surface area contributed by atoms with Crippen LogP contribution in [0.2, 0.25) is 0 Å². The lowest BCUT2D eigenvalue weighted by molar-refractivity contribution is 0.198. The first-order chi connectivity index (χ1) is 11.1. The first-order valence-electron chi connectivity index (χ1n) is 8.67. The Morgan fingerprint density at radius 2 is 1.58 bits per heavy atom. The number of halogens is 1. The van der Waals surface area contributed by atoms with Crippen LogP contribution in [0.5, 0.6) is 0 Å². The number of rotatable bonds is 5. The molecule has 0 atom stereocenters. The SMILES string of the molecule is Cl.O=S(=O)(NC1CCN(Cc2ccccc2)CC1)N1CCCCC1. The molecule has 0 aromatic heterocycles. The number of nitrogens with one attached hydrogen (secondary N) is 1. The van der Waals surface area contributed by atoms with Crippen molar-refractivity contribution in [2.75, 3.05) is 26.2 Å². The third kappa shape index (κ3) is 5.43. The van der Waals surface area contributed by atoms with Gasteiger partial charge in [-0.3, -0.25) is 4.90 Å². The van der Waals surface area contributed by atoms with Gasteiger partial charge in [-0.05, 0) is 31.2 Å². The molecule has 2 saturated heterocycles. The van der Waals surface area contributed by atoms with E-state index in [9.17, 15) is 8.42 Å². The highest BCUT2D eigenvalue weighted by atomic mass is 35.5. The smallest absolute Gasteiger partial charge is 0.279 e. The van der Waals surface area contributed by atoms with Gasteiger partial charge in [0.25, 0.3) is 10.2 Å². The Hall–Kier alpha value is -0.660. The Bertz CT molecular complexity index is 583. The van der Waals surface area contributed by atoms with Gasteiger partial charge in [0.15, 0.2) is 0 Å². The van der Waals surface area contributed by atoms with Crippen molar-refractivity contribution in [1.82, 2.24) is 13.9 Å². The van der Waals surface area contributed by atoms with Crippen molar-refractivity contribution < 1.29 is 8.42 Å². The fraction of sp³-hybridized carbons (Fsp3) is 0.647. The first-order valence-corrected chi connectivity index (χ1v) is 10.1. The molecule has 0 saturated carbocycles. The summed E-state index contributed by atoms with van der Waals surface area (Å²) in [6.45, 7) is 4.18. The third-order valence-electron chi connectivity index (χ3n) is 4.81. The number of likely N-dealkylation sites (tertiary alicyclic amines) is 1. The van der Waals surface area contributed by atoms with Crippen LogP contribution in [0.25, 0.3) is 0 Å². The molecular weight excluding hydrogens is 346 g/mol. The largest absolute Gasteiger partial charge is 0.299 e. The molecule has 0 spiro atoms. The predicted octanol–water partition coefficient (Wildman–Crippen LogP) is 2.39. The predicted molar refractivity (Wildman–Crippen MR) is 99.5 cm³/mol. The fourth-order valence-electron chi connectivity index (χ4n) is 3.44. The van der Waals surface area contributed by atoms with E-state index < -0.39 is 10.2 Å². The van der Waals surface area contributed by atoms with Crippen LogP contribution in [0.15, 0.2) is 30.3 Å². The highest BCUT2D eigenvalue weighted by molar-refractivity contribution is 7.87. The van der Waals surface area contributed by atoms with E-state index in [1.807, 2.05) is 6.07 Å². The van der Waals surface area contributed by atoms with Crippen LogP contribution in [0.3, 0.4) is 0 Å². The van der Waals surface area contributed by atoms with Crippen molar-refractivity contribution in [2.45, 2.75) is 44.7 Å². The minimum absolute atomic E-state index is 0. The second-order valence-electron chi connectivity index (χ2n) is 6.62. The van der Waals surface area contributed by atoms with E-state index in [4.69, 9.17) is 0 Å². The van der Waals surface area contributed by atoms with Crippen molar-refractivity contribution >= 4 is 22.6 Å². The van der Waals surface area contributed by atoms with Crippen LogP contribution in [0.1, 0.15) is 37.7 Å². The maximum atomic E-state index is 12.4. The molecule has 1 aromatic rings. The topological polar surface area (TPSA) is 52.7 Å². The van der Waals surface area contributed by atoms with Gasteiger partial charge >= 0.3 is 0 Å². The van der Waals surface area contributed by atoms with Crippen molar-refractivity contribution in [2.24, 2.45) is 0 Å². The molecule has 2 fully saturated rings. The molecule has 2 aliphatic heterocycles. The second-order valence-corrected chi connectivity index (χ2v) is 8.32. The van der Waals surface area contributed by atoms with E-state index in [2.05, 4.69) is 33.9 Å². The van der Waals surface area contributed by atoms with Gasteiger partial charge in [-0.25, -0.2) is 0 Å². The van der Waals surface area contributed by atoms with Gasteiger partial charge in [0.05, 0.1) is 0 Å². The van der Waals surface area contributed by atoms with E-state index in [-0.39, 0.29) is 18.4 Å². The second kappa shape index (κ2) is 9.15. The van der Waals surface area contributed by atoms with Crippen molar-refractivity contribution in [3.05, 3.63) is 35.9 Å². The Morgan fingerprint density at radius 1 is 0.958 bits per heavy atom. The molecule has 5 nitrogen and oxygen atoms in total. The Labute approximate surface area is 152 Å². The summed E-state index contributed by atoms with van der Waals surface area (Å²) in [6.07, 6.45) is 4.89. The van der Waals surface area contributed by atoms with Crippen LogP contribution < -0.4 is 4.72 Å². The summed E-state index contributed by atoms with van der Waals surface area (Å²) in [7, 11) is -3.29. The minimum atomic E-state index is -3.29. The lowest BCUT2D eigenvalue weighted by atomic mass is 10.1. The van der Waals surface area contributed by atoms with Gasteiger partial charge in [-0.15, -0.1) is 12.4 Å². The molecule has 0 aliphatic carbocycles. The van der Waals surface area contributed by atoms with Crippen LogP contribution in [-0.2, 0) is 16.8 Å². The summed E-state index contributed by atoms with van der Waals surface area (Å²) < 4.78 is 29.4. The van der Waals surface area contributed by atoms with E-state index >= 15 is 0 Å². The van der Waals surface area contributed by atoms with Crippen LogP contribution in [-0.4, -0.2) is 49.8 Å². The molecule has 1 aromatic carbocycles. The molecule has 136 valence electrons. The lowest BCUT2D eigenvalue weighted by Crippen LogP contribution is -2.50. The van der Waals surface area contributed by atoms with E-state index in [0.717, 1.165) is 51.7 Å². The minimum Gasteiger partial charge on any atom is -0.299 e. The summed E-state index contributed by atoms with van der Waals surface area (Å²) in [5.74, 6) is 0. The zero-order chi connectivity index (χ0) is 16.1. The zero-order valence-electron chi connectivity index (χ0n) is 14.1. The molecule has 0 radical (unpaired) electrons. The van der Waals surface area contributed by atoms with Crippen molar-refractivity contribution in [3.8, 4) is 0 Å². The average molecular weight is 374 g/mol. The number of hydrogen-bond acceptors (Lipinski definition) is 3. The first kappa shape index (κ1) is 19.7. The van der Waals surface area contributed by atoms with E-state index in [0.29, 0.717) is 13.1 Å². The van der Waals surface area contributed by atoms with Crippen LogP contribution in [0.4, 0.5) is 0 Å². The van der Waals surface area contributed by atoms with E-state index in [1.165, 1.54) is 5.56 Å². The Balaban J connectivity index is 0.00000208. The molecule has 24 heavy (non-hydrogen) atoms. The maximum absolute atomic E-state index is 12.4. The van der Waals surface area contributed by atoms with Gasteiger partial charge in [0.2, 0.25) is 0 Å².